The van der Waals surface area contributed by atoms with Crippen molar-refractivity contribution in [3.05, 3.63) is 24.3 Å². The molecule has 0 spiro atoms. The SMILES string of the molecule is CCCCCCC/C=C\CCCCCCCC(=O)OCCCCCCCCCCCCCCCCCCCCC(=O)NC(CO)C(O)/C=C/CCCCCCCCCCC. The fourth-order valence-corrected chi connectivity index (χ4v) is 8.10. The fraction of sp³-hybridized carbons (Fsp3) is 0.889. The molecule has 60 heavy (non-hydrogen) atoms. The summed E-state index contributed by atoms with van der Waals surface area (Å²) in [6.07, 6.45) is 59.0. The Morgan fingerprint density at radius 1 is 0.450 bits per heavy atom. The summed E-state index contributed by atoms with van der Waals surface area (Å²) in [4.78, 5) is 24.4. The first kappa shape index (κ1) is 58.3. The van der Waals surface area contributed by atoms with Crippen molar-refractivity contribution in [1.82, 2.24) is 5.32 Å². The maximum Gasteiger partial charge on any atom is 0.305 e. The molecular weight excluding hydrogens is 743 g/mol. The molecule has 0 aromatic rings. The van der Waals surface area contributed by atoms with E-state index in [9.17, 15) is 19.8 Å². The monoisotopic (exact) mass is 846 g/mol. The Morgan fingerprint density at radius 3 is 1.18 bits per heavy atom. The van der Waals surface area contributed by atoms with Crippen molar-refractivity contribution in [3.8, 4) is 0 Å². The van der Waals surface area contributed by atoms with Crippen molar-refractivity contribution in [2.24, 2.45) is 0 Å². The Balaban J connectivity index is 3.42. The molecule has 2 atom stereocenters. The molecule has 0 aromatic heterocycles. The van der Waals surface area contributed by atoms with E-state index in [-0.39, 0.29) is 18.5 Å². The second-order valence-electron chi connectivity index (χ2n) is 18.2. The van der Waals surface area contributed by atoms with Gasteiger partial charge in [0.1, 0.15) is 0 Å². The first-order chi connectivity index (χ1) is 29.5. The molecule has 0 aliphatic carbocycles. The van der Waals surface area contributed by atoms with E-state index in [1.807, 2.05) is 6.08 Å². The van der Waals surface area contributed by atoms with Crippen molar-refractivity contribution in [2.45, 2.75) is 296 Å². The molecule has 0 saturated carbocycles. The van der Waals surface area contributed by atoms with Crippen molar-refractivity contribution >= 4 is 11.9 Å². The largest absolute Gasteiger partial charge is 0.466 e. The van der Waals surface area contributed by atoms with Crippen LogP contribution in [0.3, 0.4) is 0 Å². The van der Waals surface area contributed by atoms with Gasteiger partial charge in [0, 0.05) is 12.8 Å². The van der Waals surface area contributed by atoms with Crippen LogP contribution in [0.1, 0.15) is 284 Å². The smallest absolute Gasteiger partial charge is 0.305 e. The Hall–Kier alpha value is -1.66. The minimum absolute atomic E-state index is 0.00242. The Labute approximate surface area is 373 Å². The average Bonchev–Trinajstić information content (AvgIpc) is 3.25. The minimum Gasteiger partial charge on any atom is -0.466 e. The second kappa shape index (κ2) is 50.0. The Bertz CT molecular complexity index is 935. The molecule has 6 heteroatoms. The number of unbranched alkanes of at least 4 members (excludes halogenated alkanes) is 36. The van der Waals surface area contributed by atoms with E-state index < -0.39 is 12.1 Å². The van der Waals surface area contributed by atoms with Crippen LogP contribution in [0.15, 0.2) is 24.3 Å². The number of rotatable bonds is 49. The lowest BCUT2D eigenvalue weighted by atomic mass is 10.0. The van der Waals surface area contributed by atoms with E-state index in [1.54, 1.807) is 6.08 Å². The average molecular weight is 846 g/mol. The van der Waals surface area contributed by atoms with Gasteiger partial charge in [-0.05, 0) is 57.8 Å². The van der Waals surface area contributed by atoms with Gasteiger partial charge < -0.3 is 20.3 Å². The van der Waals surface area contributed by atoms with Gasteiger partial charge >= 0.3 is 5.97 Å². The number of aliphatic hydroxyl groups is 2. The zero-order valence-corrected chi connectivity index (χ0v) is 40.2. The molecule has 0 saturated heterocycles. The number of allylic oxidation sites excluding steroid dienone is 3. The first-order valence-corrected chi connectivity index (χ1v) is 26.6. The molecule has 1 amide bonds. The highest BCUT2D eigenvalue weighted by Gasteiger charge is 2.18. The quantitative estimate of drug-likeness (QED) is 0.0322. The first-order valence-electron chi connectivity index (χ1n) is 26.6. The second-order valence-corrected chi connectivity index (χ2v) is 18.2. The number of aliphatic hydroxyl groups excluding tert-OH is 2. The minimum atomic E-state index is -0.845. The van der Waals surface area contributed by atoms with Crippen molar-refractivity contribution in [1.29, 1.82) is 0 Å². The Morgan fingerprint density at radius 2 is 0.783 bits per heavy atom. The molecule has 0 bridgehead atoms. The van der Waals surface area contributed by atoms with Gasteiger partial charge in [-0.2, -0.15) is 0 Å². The van der Waals surface area contributed by atoms with E-state index in [4.69, 9.17) is 4.74 Å². The number of carbonyl (C=O) groups excluding carboxylic acids is 2. The predicted octanol–water partition coefficient (Wildman–Crippen LogP) is 15.9. The van der Waals surface area contributed by atoms with E-state index in [0.717, 1.165) is 44.9 Å². The predicted molar refractivity (Wildman–Crippen MR) is 260 cm³/mol. The fourth-order valence-electron chi connectivity index (χ4n) is 8.10. The third-order valence-corrected chi connectivity index (χ3v) is 12.2. The zero-order valence-electron chi connectivity index (χ0n) is 40.2. The molecule has 0 heterocycles. The lowest BCUT2D eigenvalue weighted by Crippen LogP contribution is -2.45. The number of hydrogen-bond acceptors (Lipinski definition) is 5. The molecule has 3 N–H and O–H groups in total. The van der Waals surface area contributed by atoms with Crippen LogP contribution in [-0.2, 0) is 14.3 Å². The van der Waals surface area contributed by atoms with Crippen LogP contribution in [0.2, 0.25) is 0 Å². The molecule has 0 fully saturated rings. The molecular formula is C54H103NO5. The number of ether oxygens (including phenoxy) is 1. The van der Waals surface area contributed by atoms with Gasteiger partial charge in [-0.3, -0.25) is 9.59 Å². The van der Waals surface area contributed by atoms with Gasteiger partial charge in [0.05, 0.1) is 25.4 Å². The number of esters is 1. The van der Waals surface area contributed by atoms with E-state index >= 15 is 0 Å². The molecule has 0 rings (SSSR count). The molecule has 0 radical (unpaired) electrons. The molecule has 354 valence electrons. The van der Waals surface area contributed by atoms with Gasteiger partial charge in [-0.15, -0.1) is 0 Å². The summed E-state index contributed by atoms with van der Waals surface area (Å²) in [6, 6.07) is -0.629. The highest BCUT2D eigenvalue weighted by atomic mass is 16.5. The number of nitrogens with one attached hydrogen (secondary N) is 1. The summed E-state index contributed by atoms with van der Waals surface area (Å²) in [5, 5.41) is 23.0. The summed E-state index contributed by atoms with van der Waals surface area (Å²) < 4.78 is 5.46. The van der Waals surface area contributed by atoms with Crippen molar-refractivity contribution in [2.75, 3.05) is 13.2 Å². The van der Waals surface area contributed by atoms with Crippen molar-refractivity contribution in [3.63, 3.8) is 0 Å². The summed E-state index contributed by atoms with van der Waals surface area (Å²) >= 11 is 0. The van der Waals surface area contributed by atoms with Crippen LogP contribution >= 0.6 is 0 Å². The summed E-state index contributed by atoms with van der Waals surface area (Å²) in [7, 11) is 0. The Kier molecular flexibility index (Phi) is 48.6. The third-order valence-electron chi connectivity index (χ3n) is 12.2. The summed E-state index contributed by atoms with van der Waals surface area (Å²) in [6.45, 7) is 4.87. The molecule has 0 aromatic carbocycles. The van der Waals surface area contributed by atoms with Crippen LogP contribution in [0.5, 0.6) is 0 Å². The van der Waals surface area contributed by atoms with Gasteiger partial charge in [-0.25, -0.2) is 0 Å². The maximum atomic E-state index is 12.4. The maximum absolute atomic E-state index is 12.4. The van der Waals surface area contributed by atoms with E-state index in [1.165, 1.54) is 212 Å². The standard InChI is InChI=1S/C54H103NO5/c1-3-5-7-9-11-13-15-16-24-28-32-36-40-44-48-54(59)60-49-45-41-37-33-29-25-22-20-18-17-19-21-23-27-31-35-39-43-47-53(58)55-51(50-56)52(57)46-42-38-34-30-26-14-12-10-8-6-4-2/h15-16,42,46,51-52,56-57H,3-14,17-41,43-45,47-50H2,1-2H3,(H,55,58)/b16-15-,46-42+. The van der Waals surface area contributed by atoms with Crippen LogP contribution in [0, 0.1) is 0 Å². The lowest BCUT2D eigenvalue weighted by Gasteiger charge is -2.20. The van der Waals surface area contributed by atoms with E-state index in [0.29, 0.717) is 19.4 Å². The van der Waals surface area contributed by atoms with Gasteiger partial charge in [0.25, 0.3) is 0 Å². The normalized spacial score (nSPS) is 12.8. The third kappa shape index (κ3) is 45.9. The lowest BCUT2D eigenvalue weighted by molar-refractivity contribution is -0.143. The van der Waals surface area contributed by atoms with Gasteiger partial charge in [0.15, 0.2) is 0 Å². The van der Waals surface area contributed by atoms with Gasteiger partial charge in [0.2, 0.25) is 5.91 Å². The summed E-state index contributed by atoms with van der Waals surface area (Å²) in [5.74, 6) is -0.0758. The van der Waals surface area contributed by atoms with Crippen LogP contribution in [0.4, 0.5) is 0 Å². The zero-order chi connectivity index (χ0) is 43.7. The van der Waals surface area contributed by atoms with Crippen LogP contribution in [0.25, 0.3) is 0 Å². The van der Waals surface area contributed by atoms with Gasteiger partial charge in [-0.1, -0.05) is 237 Å². The number of carbonyl (C=O) groups is 2. The highest BCUT2D eigenvalue weighted by molar-refractivity contribution is 5.76. The van der Waals surface area contributed by atoms with Crippen LogP contribution < -0.4 is 5.32 Å². The van der Waals surface area contributed by atoms with Crippen LogP contribution in [-0.4, -0.2) is 47.4 Å². The number of hydrogen-bond donors (Lipinski definition) is 3. The number of amides is 1. The molecule has 2 unspecified atom stereocenters. The molecule has 6 nitrogen and oxygen atoms in total. The summed E-state index contributed by atoms with van der Waals surface area (Å²) in [5.41, 5.74) is 0. The molecule has 0 aliphatic heterocycles. The van der Waals surface area contributed by atoms with Crippen molar-refractivity contribution < 1.29 is 24.5 Å². The highest BCUT2D eigenvalue weighted by Crippen LogP contribution is 2.16. The topological polar surface area (TPSA) is 95.9 Å². The van der Waals surface area contributed by atoms with E-state index in [2.05, 4.69) is 31.3 Å². The molecule has 0 aliphatic rings.